The molecule has 2 aromatic carbocycles. The molecule has 3 aliphatic rings. The van der Waals surface area contributed by atoms with Crippen molar-refractivity contribution in [2.75, 3.05) is 50.7 Å². The van der Waals surface area contributed by atoms with Gasteiger partial charge in [-0.25, -0.2) is 4.79 Å². The summed E-state index contributed by atoms with van der Waals surface area (Å²) in [7, 11) is 1.29. The minimum Gasteiger partial charge on any atom is -0.494 e. The summed E-state index contributed by atoms with van der Waals surface area (Å²) in [5, 5.41) is 12.1. The highest BCUT2D eigenvalue weighted by atomic mass is 19.4. The molecule has 1 fully saturated rings. The topological polar surface area (TPSA) is 158 Å². The number of benzene rings is 2. The number of hydrogen-bond acceptors (Lipinski definition) is 12. The normalized spacial score (nSPS) is 17.0. The minimum absolute atomic E-state index is 0.0253. The Morgan fingerprint density at radius 2 is 1.61 bits per heavy atom. The summed E-state index contributed by atoms with van der Waals surface area (Å²) in [6, 6.07) is 10.8. The lowest BCUT2D eigenvalue weighted by atomic mass is 9.90. The van der Waals surface area contributed by atoms with Crippen molar-refractivity contribution < 1.29 is 41.7 Å². The highest BCUT2D eigenvalue weighted by Gasteiger charge is 2.33. The number of ether oxygens (including phenoxy) is 4. The van der Waals surface area contributed by atoms with Crippen LogP contribution >= 0.6 is 0 Å². The first-order valence-electron chi connectivity index (χ1n) is 17.2. The minimum atomic E-state index is -4.61. The zero-order chi connectivity index (χ0) is 36.1. The van der Waals surface area contributed by atoms with E-state index in [1.165, 1.54) is 7.11 Å². The highest BCUT2D eigenvalue weighted by molar-refractivity contribution is 5.99. The zero-order valence-corrected chi connectivity index (χ0v) is 28.5. The number of piperidine rings is 1. The van der Waals surface area contributed by atoms with Crippen LogP contribution in [0.5, 0.6) is 17.5 Å². The van der Waals surface area contributed by atoms with Gasteiger partial charge in [-0.2, -0.15) is 28.1 Å². The average Bonchev–Trinajstić information content (AvgIpc) is 3.12. The van der Waals surface area contributed by atoms with E-state index in [1.807, 2.05) is 24.3 Å². The Morgan fingerprint density at radius 3 is 2.31 bits per heavy atom. The van der Waals surface area contributed by atoms with Crippen LogP contribution in [0.1, 0.15) is 67.3 Å². The van der Waals surface area contributed by atoms with Gasteiger partial charge >= 0.3 is 18.2 Å². The van der Waals surface area contributed by atoms with Gasteiger partial charge in [-0.15, -0.1) is 0 Å². The van der Waals surface area contributed by atoms with Gasteiger partial charge in [-0.1, -0.05) is 37.8 Å². The molecule has 1 atom stereocenters. The van der Waals surface area contributed by atoms with Crippen LogP contribution in [0.25, 0.3) is 0 Å². The lowest BCUT2D eigenvalue weighted by Gasteiger charge is -2.29. The van der Waals surface area contributed by atoms with Crippen molar-refractivity contribution in [1.29, 1.82) is 0 Å². The standard InChI is InChI=1S/C35H44F3N7O6/c1-48-31(47)29(24-14-16-39-17-15-24)42-30(46)27-13-10-25-20-28(27)50-19-7-5-3-2-4-6-18-49-26-11-8-23(9-12-26)21-40-32-43-33(41-25)45-34(44-32)51-22-35(36,37)38/h8-13,20,24,29,39H,2-7,14-19,21-22H2,1H3,(H,42,46)(H2,40,41,43,44,45). The van der Waals surface area contributed by atoms with Crippen LogP contribution < -0.4 is 35.5 Å². The molecule has 6 rings (SSSR count). The number of esters is 1. The second-order valence-corrected chi connectivity index (χ2v) is 12.4. The molecule has 13 nitrogen and oxygen atoms in total. The Kier molecular flexibility index (Phi) is 13.5. The van der Waals surface area contributed by atoms with E-state index < -0.39 is 36.7 Å². The third-order valence-corrected chi connectivity index (χ3v) is 8.50. The number of methoxy groups -OCH3 is 1. The van der Waals surface area contributed by atoms with Gasteiger partial charge in [0.25, 0.3) is 5.91 Å². The van der Waals surface area contributed by atoms with Crippen LogP contribution in [0.15, 0.2) is 42.5 Å². The number of alkyl halides is 3. The number of halogens is 3. The van der Waals surface area contributed by atoms with E-state index in [9.17, 15) is 22.8 Å². The van der Waals surface area contributed by atoms with E-state index in [0.29, 0.717) is 31.7 Å². The summed E-state index contributed by atoms with van der Waals surface area (Å²) in [4.78, 5) is 38.8. The largest absolute Gasteiger partial charge is 0.494 e. The SMILES string of the molecule is COC(=O)C(NC(=O)c1ccc2cc1OCCCCCCCCOc1ccc(cc1)CNc1nc(nc(OCC(F)(F)F)n1)N2)C1CCNCC1. The Hall–Kier alpha value is -4.86. The van der Waals surface area contributed by atoms with Crippen molar-refractivity contribution >= 4 is 29.5 Å². The van der Waals surface area contributed by atoms with Gasteiger partial charge in [0.1, 0.15) is 17.5 Å². The molecule has 51 heavy (non-hydrogen) atoms. The molecule has 1 amide bonds. The highest BCUT2D eigenvalue weighted by Crippen LogP contribution is 2.28. The first-order valence-corrected chi connectivity index (χ1v) is 17.2. The van der Waals surface area contributed by atoms with Gasteiger partial charge in [0.2, 0.25) is 11.9 Å². The number of rotatable bonds is 6. The average molecular weight is 716 g/mol. The number of fused-ring (bicyclic) bond motifs is 12. The van der Waals surface area contributed by atoms with E-state index in [0.717, 1.165) is 62.9 Å². The number of amides is 1. The van der Waals surface area contributed by atoms with Gasteiger partial charge in [0.15, 0.2) is 6.61 Å². The third kappa shape index (κ3) is 11.9. The van der Waals surface area contributed by atoms with E-state index in [-0.39, 0.29) is 35.7 Å². The summed E-state index contributed by atoms with van der Waals surface area (Å²) in [5.74, 6) is -0.278. The number of carbonyl (C=O) groups excluding carboxylic acids is 2. The molecule has 0 radical (unpaired) electrons. The fourth-order valence-corrected chi connectivity index (χ4v) is 5.80. The summed E-state index contributed by atoms with van der Waals surface area (Å²) in [6.07, 6.45) is 2.45. The lowest BCUT2D eigenvalue weighted by molar-refractivity contribution is -0.154. The molecule has 1 aromatic heterocycles. The number of aromatic nitrogens is 3. The van der Waals surface area contributed by atoms with Crippen LogP contribution in [-0.4, -0.2) is 79.1 Å². The van der Waals surface area contributed by atoms with Crippen LogP contribution in [0.4, 0.5) is 30.8 Å². The maximum atomic E-state index is 13.7. The molecule has 1 saturated heterocycles. The lowest BCUT2D eigenvalue weighted by Crippen LogP contribution is -2.49. The van der Waals surface area contributed by atoms with Gasteiger partial charge in [-0.05, 0) is 74.5 Å². The van der Waals surface area contributed by atoms with Crippen molar-refractivity contribution in [3.63, 3.8) is 0 Å². The van der Waals surface area contributed by atoms with E-state index in [4.69, 9.17) is 18.9 Å². The fourth-order valence-electron chi connectivity index (χ4n) is 5.80. The number of anilines is 3. The second kappa shape index (κ2) is 18.4. The predicted molar refractivity (Wildman–Crippen MR) is 182 cm³/mol. The van der Waals surface area contributed by atoms with Gasteiger partial charge in [0, 0.05) is 18.3 Å². The van der Waals surface area contributed by atoms with E-state index in [1.54, 1.807) is 18.2 Å². The van der Waals surface area contributed by atoms with Crippen molar-refractivity contribution in [1.82, 2.24) is 25.6 Å². The first-order chi connectivity index (χ1) is 24.7. The molecule has 3 aliphatic heterocycles. The number of nitrogens with one attached hydrogen (secondary N) is 4. The van der Waals surface area contributed by atoms with Crippen LogP contribution in [0.3, 0.4) is 0 Å². The van der Waals surface area contributed by atoms with Crippen LogP contribution in [-0.2, 0) is 16.1 Å². The molecule has 1 unspecified atom stereocenters. The number of carbonyl (C=O) groups is 2. The Morgan fingerprint density at radius 1 is 0.922 bits per heavy atom. The molecule has 3 aromatic rings. The zero-order valence-electron chi connectivity index (χ0n) is 28.5. The first kappa shape index (κ1) is 37.4. The fraction of sp³-hybridized carbons (Fsp3) is 0.514. The Balaban J connectivity index is 1.41. The molecule has 4 N–H and O–H groups in total. The Labute approximate surface area is 294 Å². The molecular formula is C35H44F3N7O6. The monoisotopic (exact) mass is 715 g/mol. The molecule has 4 heterocycles. The molecule has 0 aliphatic carbocycles. The van der Waals surface area contributed by atoms with Crippen molar-refractivity contribution in [3.8, 4) is 17.5 Å². The molecular weight excluding hydrogens is 671 g/mol. The van der Waals surface area contributed by atoms with E-state index >= 15 is 0 Å². The summed E-state index contributed by atoms with van der Waals surface area (Å²) >= 11 is 0. The van der Waals surface area contributed by atoms with Gasteiger partial charge in [-0.3, -0.25) is 4.79 Å². The van der Waals surface area contributed by atoms with Crippen molar-refractivity contribution in [2.24, 2.45) is 5.92 Å². The Bertz CT molecular complexity index is 1590. The molecule has 276 valence electrons. The molecule has 16 heteroatoms. The second-order valence-electron chi connectivity index (χ2n) is 12.4. The van der Waals surface area contributed by atoms with Crippen LogP contribution in [0, 0.1) is 5.92 Å². The van der Waals surface area contributed by atoms with Crippen LogP contribution in [0.2, 0.25) is 0 Å². The van der Waals surface area contributed by atoms with Crippen molar-refractivity contribution in [2.45, 2.75) is 70.1 Å². The predicted octanol–water partition coefficient (Wildman–Crippen LogP) is 5.55. The van der Waals surface area contributed by atoms with Crippen molar-refractivity contribution in [3.05, 3.63) is 53.6 Å². The third-order valence-electron chi connectivity index (χ3n) is 8.50. The van der Waals surface area contributed by atoms with E-state index in [2.05, 4.69) is 36.2 Å². The summed E-state index contributed by atoms with van der Waals surface area (Å²) in [5.41, 5.74) is 1.45. The summed E-state index contributed by atoms with van der Waals surface area (Å²) in [6.45, 7) is 1.03. The van der Waals surface area contributed by atoms with Gasteiger partial charge < -0.3 is 40.2 Å². The molecule has 0 saturated carbocycles. The molecule has 0 spiro atoms. The quantitative estimate of drug-likeness (QED) is 0.236. The maximum Gasteiger partial charge on any atom is 0.422 e. The smallest absolute Gasteiger partial charge is 0.422 e. The molecule has 6 bridgehead atoms. The summed E-state index contributed by atoms with van der Waals surface area (Å²) < 4.78 is 60.9. The number of hydrogen-bond donors (Lipinski definition) is 4. The maximum absolute atomic E-state index is 13.7. The van der Waals surface area contributed by atoms with Gasteiger partial charge in [0.05, 0.1) is 25.9 Å². The number of nitrogens with zero attached hydrogens (tertiary/aromatic N) is 3.